The van der Waals surface area contributed by atoms with Gasteiger partial charge < -0.3 is 5.73 Å². The van der Waals surface area contributed by atoms with Crippen LogP contribution in [-0.4, -0.2) is 0 Å². The zero-order valence-electron chi connectivity index (χ0n) is 8.53. The van der Waals surface area contributed by atoms with Gasteiger partial charge in [-0.15, -0.1) is 0 Å². The second-order valence-corrected chi connectivity index (χ2v) is 5.74. The molecule has 0 aliphatic carbocycles. The van der Waals surface area contributed by atoms with E-state index in [1.54, 1.807) is 0 Å². The fraction of sp³-hybridized carbons (Fsp3) is 0.0769. The van der Waals surface area contributed by atoms with Gasteiger partial charge in [-0.1, -0.05) is 40.2 Å². The van der Waals surface area contributed by atoms with Crippen molar-refractivity contribution in [1.82, 2.24) is 0 Å². The molecule has 2 aromatic carbocycles. The van der Waals surface area contributed by atoms with Crippen molar-refractivity contribution in [3.63, 3.8) is 0 Å². The van der Waals surface area contributed by atoms with E-state index in [0.29, 0.717) is 0 Å². The molecule has 3 heteroatoms. The van der Waals surface area contributed by atoms with Gasteiger partial charge >= 0.3 is 0 Å². The number of halogens is 2. The normalized spacial score (nSPS) is 12.4. The van der Waals surface area contributed by atoms with E-state index in [2.05, 4.69) is 62.8 Å². The predicted molar refractivity (Wildman–Crippen MR) is 79.3 cm³/mol. The van der Waals surface area contributed by atoms with Crippen LogP contribution in [0, 0.1) is 3.57 Å². The molecule has 0 aliphatic rings. The number of rotatable bonds is 2. The lowest BCUT2D eigenvalue weighted by Crippen LogP contribution is -2.11. The second kappa shape index (κ2) is 5.29. The van der Waals surface area contributed by atoms with Gasteiger partial charge in [0.1, 0.15) is 0 Å². The van der Waals surface area contributed by atoms with Crippen molar-refractivity contribution in [2.75, 3.05) is 0 Å². The number of benzene rings is 2. The maximum absolute atomic E-state index is 6.20. The second-order valence-electron chi connectivity index (χ2n) is 3.58. The lowest BCUT2D eigenvalue weighted by Gasteiger charge is -2.12. The zero-order valence-corrected chi connectivity index (χ0v) is 12.3. The Balaban J connectivity index is 2.28. The van der Waals surface area contributed by atoms with Crippen molar-refractivity contribution in [3.05, 3.63) is 67.7 Å². The van der Waals surface area contributed by atoms with Crippen LogP contribution in [0.2, 0.25) is 0 Å². The Morgan fingerprint density at radius 2 is 1.31 bits per heavy atom. The van der Waals surface area contributed by atoms with Gasteiger partial charge in [-0.25, -0.2) is 0 Å². The van der Waals surface area contributed by atoms with Gasteiger partial charge in [-0.05, 0) is 58.0 Å². The quantitative estimate of drug-likeness (QED) is 0.771. The lowest BCUT2D eigenvalue weighted by atomic mass is 10.00. The van der Waals surface area contributed by atoms with Crippen molar-refractivity contribution in [2.45, 2.75) is 6.04 Å². The van der Waals surface area contributed by atoms with Gasteiger partial charge in [0.2, 0.25) is 0 Å². The molecule has 0 fully saturated rings. The van der Waals surface area contributed by atoms with E-state index in [1.807, 2.05) is 24.3 Å². The molecule has 0 aromatic heterocycles. The highest BCUT2D eigenvalue weighted by atomic mass is 127. The van der Waals surface area contributed by atoms with Crippen molar-refractivity contribution in [2.24, 2.45) is 5.73 Å². The van der Waals surface area contributed by atoms with Gasteiger partial charge in [0, 0.05) is 8.04 Å². The number of hydrogen-bond donors (Lipinski definition) is 1. The zero-order chi connectivity index (χ0) is 11.5. The predicted octanol–water partition coefficient (Wildman–Crippen LogP) is 4.10. The molecule has 0 saturated heterocycles. The molecule has 0 saturated carbocycles. The summed E-state index contributed by atoms with van der Waals surface area (Å²) < 4.78 is 2.30. The number of hydrogen-bond acceptors (Lipinski definition) is 1. The standard InChI is InChI=1S/C13H11BrIN/c14-11-5-1-9(2-6-11)13(16)10-3-7-12(15)8-4-10/h1-8,13H,16H2. The monoisotopic (exact) mass is 387 g/mol. The molecule has 0 heterocycles. The molecule has 0 radical (unpaired) electrons. The molecule has 0 spiro atoms. The first kappa shape index (κ1) is 12.1. The van der Waals surface area contributed by atoms with Gasteiger partial charge in [0.15, 0.2) is 0 Å². The van der Waals surface area contributed by atoms with Crippen LogP contribution in [0.15, 0.2) is 53.0 Å². The molecule has 0 bridgehead atoms. The third-order valence-electron chi connectivity index (χ3n) is 2.46. The van der Waals surface area contributed by atoms with Crippen LogP contribution in [0.25, 0.3) is 0 Å². The molecule has 0 aliphatic heterocycles. The molecule has 1 nitrogen and oxygen atoms in total. The van der Waals surface area contributed by atoms with Gasteiger partial charge in [0.25, 0.3) is 0 Å². The lowest BCUT2D eigenvalue weighted by molar-refractivity contribution is 0.871. The third kappa shape index (κ3) is 2.84. The van der Waals surface area contributed by atoms with E-state index in [1.165, 1.54) is 3.57 Å². The minimum absolute atomic E-state index is 0.0508. The molecule has 16 heavy (non-hydrogen) atoms. The fourth-order valence-corrected chi connectivity index (χ4v) is 2.16. The average Bonchev–Trinajstić information content (AvgIpc) is 2.30. The van der Waals surface area contributed by atoms with E-state index in [4.69, 9.17) is 5.73 Å². The van der Waals surface area contributed by atoms with Crippen molar-refractivity contribution < 1.29 is 0 Å². The van der Waals surface area contributed by atoms with Gasteiger partial charge in [-0.2, -0.15) is 0 Å². The van der Waals surface area contributed by atoms with Crippen LogP contribution in [-0.2, 0) is 0 Å². The fourth-order valence-electron chi connectivity index (χ4n) is 1.53. The summed E-state index contributed by atoms with van der Waals surface area (Å²) in [4.78, 5) is 0. The molecule has 1 unspecified atom stereocenters. The van der Waals surface area contributed by atoms with Crippen LogP contribution >= 0.6 is 38.5 Å². The van der Waals surface area contributed by atoms with E-state index in [9.17, 15) is 0 Å². The maximum atomic E-state index is 6.20. The maximum Gasteiger partial charge on any atom is 0.0551 e. The molecule has 82 valence electrons. The smallest absolute Gasteiger partial charge is 0.0551 e. The molecular formula is C13H11BrIN. The Kier molecular flexibility index (Phi) is 4.00. The van der Waals surface area contributed by atoms with E-state index in [0.717, 1.165) is 15.6 Å². The molecule has 2 aromatic rings. The van der Waals surface area contributed by atoms with Crippen LogP contribution in [0.4, 0.5) is 0 Å². The van der Waals surface area contributed by atoms with Crippen LogP contribution in [0.1, 0.15) is 17.2 Å². The van der Waals surface area contributed by atoms with Gasteiger partial charge in [-0.3, -0.25) is 0 Å². The summed E-state index contributed by atoms with van der Waals surface area (Å²) in [6.45, 7) is 0. The summed E-state index contributed by atoms with van der Waals surface area (Å²) in [6.07, 6.45) is 0. The topological polar surface area (TPSA) is 26.0 Å². The molecule has 2 rings (SSSR count). The Bertz CT molecular complexity index is 419. The summed E-state index contributed by atoms with van der Waals surface area (Å²) in [5, 5.41) is 0. The number of nitrogens with two attached hydrogens (primary N) is 1. The first-order valence-corrected chi connectivity index (χ1v) is 6.80. The van der Waals surface area contributed by atoms with Gasteiger partial charge in [0.05, 0.1) is 6.04 Å². The first-order valence-electron chi connectivity index (χ1n) is 4.93. The Morgan fingerprint density at radius 3 is 1.81 bits per heavy atom. The minimum Gasteiger partial charge on any atom is -0.320 e. The van der Waals surface area contributed by atoms with Crippen molar-refractivity contribution in [1.29, 1.82) is 0 Å². The molecule has 0 amide bonds. The van der Waals surface area contributed by atoms with Crippen molar-refractivity contribution >= 4 is 38.5 Å². The molecule has 1 atom stereocenters. The van der Waals surface area contributed by atoms with Crippen LogP contribution < -0.4 is 5.73 Å². The van der Waals surface area contributed by atoms with E-state index >= 15 is 0 Å². The molecule has 2 N–H and O–H groups in total. The summed E-state index contributed by atoms with van der Waals surface area (Å²) >= 11 is 5.71. The minimum atomic E-state index is -0.0508. The first-order chi connectivity index (χ1) is 7.66. The Hall–Kier alpha value is -0.390. The highest BCUT2D eigenvalue weighted by Crippen LogP contribution is 2.22. The highest BCUT2D eigenvalue weighted by molar-refractivity contribution is 14.1. The van der Waals surface area contributed by atoms with E-state index < -0.39 is 0 Å². The molecular weight excluding hydrogens is 377 g/mol. The largest absolute Gasteiger partial charge is 0.320 e. The van der Waals surface area contributed by atoms with Crippen LogP contribution in [0.3, 0.4) is 0 Å². The summed E-state index contributed by atoms with van der Waals surface area (Å²) in [6, 6.07) is 16.4. The van der Waals surface area contributed by atoms with Crippen molar-refractivity contribution in [3.8, 4) is 0 Å². The van der Waals surface area contributed by atoms with Crippen LogP contribution in [0.5, 0.6) is 0 Å². The van der Waals surface area contributed by atoms with E-state index in [-0.39, 0.29) is 6.04 Å². The Morgan fingerprint density at radius 1 is 0.875 bits per heavy atom. The SMILES string of the molecule is NC(c1ccc(Br)cc1)c1ccc(I)cc1. The summed E-state index contributed by atoms with van der Waals surface area (Å²) in [7, 11) is 0. The highest BCUT2D eigenvalue weighted by Gasteiger charge is 2.07. The summed E-state index contributed by atoms with van der Waals surface area (Å²) in [5.74, 6) is 0. The third-order valence-corrected chi connectivity index (χ3v) is 3.71. The Labute approximate surface area is 117 Å². The average molecular weight is 388 g/mol. The summed E-state index contributed by atoms with van der Waals surface area (Å²) in [5.41, 5.74) is 8.47.